The number of aliphatic carboxylic acids is 1. The van der Waals surface area contributed by atoms with Crippen molar-refractivity contribution < 1.29 is 33.8 Å². The van der Waals surface area contributed by atoms with E-state index >= 15 is 0 Å². The molecule has 1 aliphatic rings. The molecular formula is C30H34N4O7S. The highest BCUT2D eigenvalue weighted by Crippen LogP contribution is 2.32. The van der Waals surface area contributed by atoms with Gasteiger partial charge in [-0.25, -0.2) is 4.79 Å². The average molecular weight is 595 g/mol. The number of amides is 3. The second kappa shape index (κ2) is 13.9. The van der Waals surface area contributed by atoms with Gasteiger partial charge in [-0.15, -0.1) is 11.3 Å². The maximum Gasteiger partial charge on any atom is 0.409 e. The number of thiophene rings is 1. The molecule has 1 fully saturated rings. The van der Waals surface area contributed by atoms with Crippen molar-refractivity contribution in [1.82, 2.24) is 10.2 Å². The molecule has 0 aliphatic carbocycles. The lowest BCUT2D eigenvalue weighted by Crippen LogP contribution is -2.58. The molecule has 1 aliphatic heterocycles. The highest BCUT2D eigenvalue weighted by Gasteiger charge is 2.34. The fourth-order valence-corrected chi connectivity index (χ4v) is 5.62. The Bertz CT molecular complexity index is 1400. The van der Waals surface area contributed by atoms with Crippen LogP contribution >= 0.6 is 11.3 Å². The van der Waals surface area contributed by atoms with E-state index in [1.807, 2.05) is 25.3 Å². The molecule has 0 radical (unpaired) electrons. The minimum absolute atomic E-state index is 0.130. The quantitative estimate of drug-likeness (QED) is 0.315. The van der Waals surface area contributed by atoms with Crippen LogP contribution in [0.15, 0.2) is 66.0 Å². The number of carbonyl (C=O) groups excluding carboxylic acids is 3. The average Bonchev–Trinajstić information content (AvgIpc) is 3.52. The molecule has 4 rings (SSSR count). The van der Waals surface area contributed by atoms with Gasteiger partial charge in [0.15, 0.2) is 6.61 Å². The van der Waals surface area contributed by atoms with Crippen LogP contribution in [0.4, 0.5) is 16.2 Å². The Morgan fingerprint density at radius 1 is 1.02 bits per heavy atom. The molecule has 0 spiro atoms. The number of carboxylic acids is 1. The van der Waals surface area contributed by atoms with Crippen molar-refractivity contribution in [3.05, 3.63) is 76.5 Å². The minimum atomic E-state index is -1.04. The lowest BCUT2D eigenvalue weighted by molar-refractivity contribution is -0.137. The Hall–Kier alpha value is -4.58. The number of rotatable bonds is 10. The summed E-state index contributed by atoms with van der Waals surface area (Å²) >= 11 is 1.36. The number of hydrogen-bond donors (Lipinski definition) is 3. The maximum absolute atomic E-state index is 13.3. The zero-order valence-corrected chi connectivity index (χ0v) is 24.4. The molecule has 3 amide bonds. The summed E-state index contributed by atoms with van der Waals surface area (Å²) in [5.41, 5.74) is 1.31. The van der Waals surface area contributed by atoms with E-state index in [0.29, 0.717) is 30.2 Å². The topological polar surface area (TPSA) is 138 Å². The normalized spacial score (nSPS) is 17.2. The summed E-state index contributed by atoms with van der Waals surface area (Å²) in [5, 5.41) is 16.9. The van der Waals surface area contributed by atoms with Crippen LogP contribution in [-0.2, 0) is 14.3 Å². The third-order valence-electron chi connectivity index (χ3n) is 6.92. The van der Waals surface area contributed by atoms with Gasteiger partial charge in [-0.05, 0) is 55.6 Å². The summed E-state index contributed by atoms with van der Waals surface area (Å²) in [6.07, 6.45) is -0.681. The summed E-state index contributed by atoms with van der Waals surface area (Å²) in [4.78, 5) is 54.5. The third-order valence-corrected chi connectivity index (χ3v) is 7.91. The third kappa shape index (κ3) is 7.58. The van der Waals surface area contributed by atoms with E-state index in [1.54, 1.807) is 59.5 Å². The molecule has 42 heavy (non-hydrogen) atoms. The fourth-order valence-electron chi connectivity index (χ4n) is 4.84. The van der Waals surface area contributed by atoms with Crippen LogP contribution in [0.3, 0.4) is 0 Å². The molecule has 2 heterocycles. The predicted molar refractivity (Wildman–Crippen MR) is 159 cm³/mol. The number of nitrogens with zero attached hydrogens (tertiary/aromatic N) is 2. The number of ether oxygens (including phenoxy) is 2. The van der Waals surface area contributed by atoms with Gasteiger partial charge in [0, 0.05) is 35.6 Å². The van der Waals surface area contributed by atoms with Crippen LogP contribution in [0.25, 0.3) is 0 Å². The Morgan fingerprint density at radius 3 is 2.45 bits per heavy atom. The second-order valence-electron chi connectivity index (χ2n) is 9.99. The van der Waals surface area contributed by atoms with Crippen LogP contribution in [0.5, 0.6) is 5.75 Å². The highest BCUT2D eigenvalue weighted by atomic mass is 32.1. The molecule has 11 nitrogen and oxygen atoms in total. The van der Waals surface area contributed by atoms with Gasteiger partial charge in [-0.3, -0.25) is 14.4 Å². The Morgan fingerprint density at radius 2 is 1.79 bits per heavy atom. The summed E-state index contributed by atoms with van der Waals surface area (Å²) in [6, 6.07) is 16.4. The van der Waals surface area contributed by atoms with Crippen LogP contribution in [0.2, 0.25) is 0 Å². The number of carbonyl (C=O) groups is 4. The van der Waals surface area contributed by atoms with Crippen molar-refractivity contribution >= 4 is 46.6 Å². The van der Waals surface area contributed by atoms with E-state index in [9.17, 15) is 24.3 Å². The largest absolute Gasteiger partial charge is 0.484 e. The van der Waals surface area contributed by atoms with Gasteiger partial charge in [0.1, 0.15) is 5.75 Å². The first kappa shape index (κ1) is 30.4. The first-order chi connectivity index (χ1) is 20.2. The van der Waals surface area contributed by atoms with E-state index in [-0.39, 0.29) is 30.7 Å². The molecule has 1 saturated heterocycles. The van der Waals surface area contributed by atoms with Gasteiger partial charge >= 0.3 is 12.1 Å². The van der Waals surface area contributed by atoms with E-state index < -0.39 is 29.9 Å². The van der Waals surface area contributed by atoms with Crippen LogP contribution < -0.4 is 20.3 Å². The Balaban J connectivity index is 1.60. The van der Waals surface area contributed by atoms with E-state index in [1.165, 1.54) is 18.4 Å². The van der Waals surface area contributed by atoms with Gasteiger partial charge < -0.3 is 35.0 Å². The van der Waals surface area contributed by atoms with E-state index in [0.717, 1.165) is 4.88 Å². The molecule has 3 aromatic rings. The summed E-state index contributed by atoms with van der Waals surface area (Å²) < 4.78 is 10.5. The van der Waals surface area contributed by atoms with Gasteiger partial charge in [-0.2, -0.15) is 0 Å². The van der Waals surface area contributed by atoms with Crippen LogP contribution in [0.1, 0.15) is 41.5 Å². The zero-order valence-electron chi connectivity index (χ0n) is 23.6. The van der Waals surface area contributed by atoms with Crippen LogP contribution in [-0.4, -0.2) is 72.8 Å². The molecule has 222 valence electrons. The predicted octanol–water partition coefficient (Wildman–Crippen LogP) is 4.38. The number of methoxy groups -OCH3 is 1. The SMILES string of the molecule is COC(=O)N1CC(C)N(c2ccc(C(=O)NC(CC(=O)O)c3cccs3)cc2NC(=O)COc2ccccc2)CC1C. The minimum Gasteiger partial charge on any atom is -0.484 e. The number of hydrogen-bond acceptors (Lipinski definition) is 8. The number of anilines is 2. The first-order valence-electron chi connectivity index (χ1n) is 13.4. The molecule has 0 saturated carbocycles. The highest BCUT2D eigenvalue weighted by molar-refractivity contribution is 7.10. The van der Waals surface area contributed by atoms with Crippen molar-refractivity contribution in [2.24, 2.45) is 0 Å². The standard InChI is InChI=1S/C30H34N4O7S/c1-19-17-34(30(39)40-3)20(2)16-33(19)25-12-11-21(29(38)32-24(15-28(36)37)26-10-7-13-42-26)14-23(25)31-27(35)18-41-22-8-5-4-6-9-22/h4-14,19-20,24H,15-18H2,1-3H3,(H,31,35)(H,32,38)(H,36,37). The zero-order chi connectivity index (χ0) is 30.2. The molecule has 2 aromatic carbocycles. The van der Waals surface area contributed by atoms with Gasteiger partial charge in [0.25, 0.3) is 11.8 Å². The maximum atomic E-state index is 13.3. The van der Waals surface area contributed by atoms with E-state index in [2.05, 4.69) is 15.5 Å². The monoisotopic (exact) mass is 594 g/mol. The van der Waals surface area contributed by atoms with E-state index in [4.69, 9.17) is 9.47 Å². The Kier molecular flexibility index (Phi) is 10.0. The number of carboxylic acid groups (broad SMARTS) is 1. The molecule has 3 N–H and O–H groups in total. The molecule has 3 unspecified atom stereocenters. The smallest absolute Gasteiger partial charge is 0.409 e. The lowest BCUT2D eigenvalue weighted by atomic mass is 10.0. The van der Waals surface area contributed by atoms with Gasteiger partial charge in [-0.1, -0.05) is 24.3 Å². The molecular weight excluding hydrogens is 560 g/mol. The number of benzene rings is 2. The Labute approximate surface area is 248 Å². The second-order valence-corrected chi connectivity index (χ2v) is 11.0. The fraction of sp³-hybridized carbons (Fsp3) is 0.333. The first-order valence-corrected chi connectivity index (χ1v) is 14.3. The number of nitrogens with one attached hydrogen (secondary N) is 2. The van der Waals surface area contributed by atoms with Crippen molar-refractivity contribution in [2.45, 2.75) is 38.4 Å². The van der Waals surface area contributed by atoms with Gasteiger partial charge in [0.05, 0.1) is 30.9 Å². The summed E-state index contributed by atoms with van der Waals surface area (Å²) in [6.45, 7) is 4.49. The van der Waals surface area contributed by atoms with Gasteiger partial charge in [0.2, 0.25) is 0 Å². The number of para-hydroxylation sites is 1. The van der Waals surface area contributed by atoms with Crippen molar-refractivity contribution in [1.29, 1.82) is 0 Å². The van der Waals surface area contributed by atoms with Crippen molar-refractivity contribution in [3.63, 3.8) is 0 Å². The molecule has 0 bridgehead atoms. The summed E-state index contributed by atoms with van der Waals surface area (Å²) in [5.74, 6) is -1.40. The van der Waals surface area contributed by atoms with Crippen LogP contribution in [0, 0.1) is 0 Å². The van der Waals surface area contributed by atoms with Crippen molar-refractivity contribution in [3.8, 4) is 5.75 Å². The molecule has 12 heteroatoms. The lowest BCUT2D eigenvalue weighted by Gasteiger charge is -2.45. The summed E-state index contributed by atoms with van der Waals surface area (Å²) in [7, 11) is 1.35. The van der Waals surface area contributed by atoms with Crippen molar-refractivity contribution in [2.75, 3.05) is 37.0 Å². The molecule has 1 aromatic heterocycles. The molecule has 3 atom stereocenters. The number of piperazine rings is 1.